The molecular weight excluding hydrogens is 497 g/mol. The number of carbonyl (C=O) groups excluding carboxylic acids is 3. The Morgan fingerprint density at radius 1 is 0.842 bits per heavy atom. The van der Waals surface area contributed by atoms with Crippen LogP contribution in [-0.2, 0) is 11.0 Å². The molecule has 2 aromatic carbocycles. The molecule has 2 fully saturated rings. The van der Waals surface area contributed by atoms with E-state index in [4.69, 9.17) is 0 Å². The van der Waals surface area contributed by atoms with Gasteiger partial charge in [-0.2, -0.15) is 13.2 Å². The second-order valence-electron chi connectivity index (χ2n) is 9.96. The minimum absolute atomic E-state index is 0.0725. The summed E-state index contributed by atoms with van der Waals surface area (Å²) in [7, 11) is 0. The molecule has 2 heterocycles. The number of halogens is 3. The minimum Gasteiger partial charge on any atom is -0.345 e. The van der Waals surface area contributed by atoms with E-state index < -0.39 is 17.6 Å². The van der Waals surface area contributed by atoms with Gasteiger partial charge >= 0.3 is 6.18 Å². The number of nitrogens with one attached hydrogen (secondary N) is 1. The third-order valence-corrected chi connectivity index (χ3v) is 7.20. The molecule has 2 aliphatic rings. The van der Waals surface area contributed by atoms with Crippen LogP contribution in [0.3, 0.4) is 0 Å². The largest absolute Gasteiger partial charge is 0.416 e. The Bertz CT molecular complexity index is 1120. The molecule has 10 heteroatoms. The molecule has 0 radical (unpaired) electrons. The van der Waals surface area contributed by atoms with E-state index in [1.54, 1.807) is 0 Å². The lowest BCUT2D eigenvalue weighted by molar-refractivity contribution is -0.137. The number of ketones is 1. The van der Waals surface area contributed by atoms with Crippen LogP contribution in [0.2, 0.25) is 0 Å². The number of carbonyl (C=O) groups is 3. The molecule has 0 aromatic heterocycles. The van der Waals surface area contributed by atoms with Gasteiger partial charge in [0, 0.05) is 63.4 Å². The van der Waals surface area contributed by atoms with Gasteiger partial charge < -0.3 is 15.1 Å². The zero-order chi connectivity index (χ0) is 27.1. The van der Waals surface area contributed by atoms with Crippen LogP contribution in [0.5, 0.6) is 0 Å². The summed E-state index contributed by atoms with van der Waals surface area (Å²) in [4.78, 5) is 43.8. The van der Waals surface area contributed by atoms with Crippen molar-refractivity contribution in [1.29, 1.82) is 0 Å². The average molecular weight is 531 g/mol. The first kappa shape index (κ1) is 27.8. The Morgan fingerprint density at radius 3 is 2.24 bits per heavy atom. The molecule has 2 aromatic rings. The van der Waals surface area contributed by atoms with Gasteiger partial charge in [0.2, 0.25) is 0 Å². The third-order valence-electron chi connectivity index (χ3n) is 7.20. The molecule has 0 bridgehead atoms. The number of likely N-dealkylation sites (tertiary alicyclic amines) is 1. The second kappa shape index (κ2) is 12.5. The summed E-state index contributed by atoms with van der Waals surface area (Å²) in [5.74, 6) is -0.545. The van der Waals surface area contributed by atoms with E-state index in [1.165, 1.54) is 12.1 Å². The van der Waals surface area contributed by atoms with Crippen LogP contribution in [0.25, 0.3) is 0 Å². The van der Waals surface area contributed by atoms with Crippen molar-refractivity contribution in [2.45, 2.75) is 19.0 Å². The molecule has 38 heavy (non-hydrogen) atoms. The van der Waals surface area contributed by atoms with Gasteiger partial charge in [-0.25, -0.2) is 0 Å². The fourth-order valence-corrected chi connectivity index (χ4v) is 5.02. The van der Waals surface area contributed by atoms with E-state index >= 15 is 0 Å². The second-order valence-corrected chi connectivity index (χ2v) is 9.96. The smallest absolute Gasteiger partial charge is 0.345 e. The molecule has 204 valence electrons. The first-order chi connectivity index (χ1) is 18.2. The summed E-state index contributed by atoms with van der Waals surface area (Å²) in [6.07, 6.45) is -3.30. The number of rotatable bonds is 9. The van der Waals surface area contributed by atoms with Crippen molar-refractivity contribution >= 4 is 17.6 Å². The van der Waals surface area contributed by atoms with Crippen molar-refractivity contribution in [2.75, 3.05) is 58.9 Å². The summed E-state index contributed by atoms with van der Waals surface area (Å²) in [5, 5.41) is 2.45. The molecule has 0 spiro atoms. The number of alkyl halides is 3. The zero-order valence-electron chi connectivity index (χ0n) is 21.3. The molecule has 1 atom stereocenters. The van der Waals surface area contributed by atoms with Gasteiger partial charge in [-0.05, 0) is 49.2 Å². The van der Waals surface area contributed by atoms with E-state index in [0.29, 0.717) is 25.1 Å². The predicted octanol–water partition coefficient (Wildman–Crippen LogP) is 3.17. The molecule has 2 saturated heterocycles. The fraction of sp³-hybridized carbons (Fsp3) is 0.464. The van der Waals surface area contributed by atoms with Gasteiger partial charge in [-0.3, -0.25) is 19.3 Å². The maximum atomic E-state index is 12.9. The van der Waals surface area contributed by atoms with Crippen molar-refractivity contribution in [3.63, 3.8) is 0 Å². The van der Waals surface area contributed by atoms with Crippen LogP contribution in [-0.4, -0.2) is 91.2 Å². The molecule has 0 saturated carbocycles. The van der Waals surface area contributed by atoms with Gasteiger partial charge in [0.25, 0.3) is 11.8 Å². The highest BCUT2D eigenvalue weighted by molar-refractivity contribution is 5.97. The summed E-state index contributed by atoms with van der Waals surface area (Å²) in [5.41, 5.74) is -0.302. The summed E-state index contributed by atoms with van der Waals surface area (Å²) < 4.78 is 38.6. The summed E-state index contributed by atoms with van der Waals surface area (Å²) >= 11 is 0. The fourth-order valence-electron chi connectivity index (χ4n) is 5.02. The van der Waals surface area contributed by atoms with Crippen molar-refractivity contribution in [1.82, 2.24) is 20.0 Å². The maximum Gasteiger partial charge on any atom is 0.416 e. The maximum absolute atomic E-state index is 12.9. The minimum atomic E-state index is -4.53. The number of hydrogen-bond donors (Lipinski definition) is 1. The molecular formula is C28H33F3N4O3. The van der Waals surface area contributed by atoms with E-state index in [9.17, 15) is 27.6 Å². The highest BCUT2D eigenvalue weighted by atomic mass is 19.4. The Morgan fingerprint density at radius 2 is 1.53 bits per heavy atom. The molecule has 1 N–H and O–H groups in total. The molecule has 2 aliphatic heterocycles. The summed E-state index contributed by atoms with van der Waals surface area (Å²) in [6.45, 7) is 6.39. The lowest BCUT2D eigenvalue weighted by Crippen LogP contribution is -2.50. The first-order valence-electron chi connectivity index (χ1n) is 13.0. The van der Waals surface area contributed by atoms with E-state index in [0.717, 1.165) is 57.8 Å². The topological polar surface area (TPSA) is 73.0 Å². The van der Waals surface area contributed by atoms with Crippen molar-refractivity contribution in [3.8, 4) is 0 Å². The van der Waals surface area contributed by atoms with Crippen LogP contribution in [0.1, 0.15) is 39.1 Å². The monoisotopic (exact) mass is 530 g/mol. The highest BCUT2D eigenvalue weighted by Gasteiger charge is 2.31. The average Bonchev–Trinajstić information content (AvgIpc) is 3.37. The Labute approximate surface area is 220 Å². The predicted molar refractivity (Wildman–Crippen MR) is 137 cm³/mol. The van der Waals surface area contributed by atoms with E-state index in [2.05, 4.69) is 15.1 Å². The van der Waals surface area contributed by atoms with E-state index in [-0.39, 0.29) is 29.7 Å². The van der Waals surface area contributed by atoms with Gasteiger partial charge in [0.1, 0.15) is 0 Å². The molecule has 4 rings (SSSR count). The Hall–Kier alpha value is -3.24. The number of hydrogen-bond acceptors (Lipinski definition) is 5. The van der Waals surface area contributed by atoms with Crippen molar-refractivity contribution in [3.05, 3.63) is 71.3 Å². The number of benzene rings is 2. The SMILES string of the molecule is O=C(CNC(=O)c1cccc(C(F)(F)F)c1)C[C@@H]1CCN(CCN2CCN(C(=O)c3ccccc3)CC2)C1. The molecule has 2 amide bonds. The third kappa shape index (κ3) is 7.64. The lowest BCUT2D eigenvalue weighted by Gasteiger charge is -2.35. The quantitative estimate of drug-likeness (QED) is 0.539. The number of amides is 2. The van der Waals surface area contributed by atoms with Gasteiger partial charge in [0.15, 0.2) is 5.78 Å². The van der Waals surface area contributed by atoms with Crippen LogP contribution in [0.15, 0.2) is 54.6 Å². The van der Waals surface area contributed by atoms with Crippen LogP contribution in [0.4, 0.5) is 13.2 Å². The van der Waals surface area contributed by atoms with Crippen molar-refractivity contribution in [2.24, 2.45) is 5.92 Å². The Kier molecular flexibility index (Phi) is 9.17. The number of piperazine rings is 1. The van der Waals surface area contributed by atoms with Gasteiger partial charge in [-0.1, -0.05) is 24.3 Å². The standard InChI is InChI=1S/C28H33F3N4O3/c29-28(30,31)24-8-4-7-23(18-24)26(37)32-19-25(36)17-21-9-10-34(20-21)12-11-33-13-15-35(16-14-33)27(38)22-5-2-1-3-6-22/h1-8,18,21H,9-17,19-20H2,(H,32,37)/t21-/m0/s1. The molecule has 7 nitrogen and oxygen atoms in total. The van der Waals surface area contributed by atoms with Gasteiger partial charge in [0.05, 0.1) is 12.1 Å². The van der Waals surface area contributed by atoms with Crippen LogP contribution >= 0.6 is 0 Å². The summed E-state index contributed by atoms with van der Waals surface area (Å²) in [6, 6.07) is 13.5. The zero-order valence-corrected chi connectivity index (χ0v) is 21.3. The highest BCUT2D eigenvalue weighted by Crippen LogP contribution is 2.29. The van der Waals surface area contributed by atoms with Crippen molar-refractivity contribution < 1.29 is 27.6 Å². The number of nitrogens with zero attached hydrogens (tertiary/aromatic N) is 3. The normalized spacial score (nSPS) is 18.9. The van der Waals surface area contributed by atoms with E-state index in [1.807, 2.05) is 35.2 Å². The first-order valence-corrected chi connectivity index (χ1v) is 13.0. The number of Topliss-reactive ketones (excluding diaryl/α,β-unsaturated/α-hetero) is 1. The van der Waals surface area contributed by atoms with Crippen LogP contribution < -0.4 is 5.32 Å². The van der Waals surface area contributed by atoms with Gasteiger partial charge in [-0.15, -0.1) is 0 Å². The Balaban J connectivity index is 1.12. The van der Waals surface area contributed by atoms with Crippen LogP contribution in [0, 0.1) is 5.92 Å². The lowest BCUT2D eigenvalue weighted by atomic mass is 10.0. The molecule has 0 aliphatic carbocycles. The molecule has 0 unspecified atom stereocenters.